The number of para-hydroxylation sites is 2. The molecule has 0 bridgehead atoms. The summed E-state index contributed by atoms with van der Waals surface area (Å²) in [6.45, 7) is 13.5. The molecule has 0 aliphatic rings. The average molecular weight is 613 g/mol. The second kappa shape index (κ2) is 11.8. The standard InChI is InChI=1S/C44H40N2O/c1-43(2,3)35-23-29(24-36(27-35)44(4,5)6)28-45-39-17-11-10-15-38(39)42-46-41-37(16-12-18-40(41)47-42)34-22-21-32-25-31(19-20-33(32)26-34)30-13-8-7-9-14-30/h7-28H,1-6H3. The molecule has 47 heavy (non-hydrogen) atoms. The van der Waals surface area contributed by atoms with Crippen molar-refractivity contribution in [1.29, 1.82) is 0 Å². The largest absolute Gasteiger partial charge is 0.436 e. The third-order valence-electron chi connectivity index (χ3n) is 8.85. The Hall–Kier alpha value is -5.28. The summed E-state index contributed by atoms with van der Waals surface area (Å²) >= 11 is 0. The number of fused-ring (bicyclic) bond motifs is 2. The van der Waals surface area contributed by atoms with Crippen LogP contribution in [0, 0.1) is 0 Å². The third kappa shape index (κ3) is 6.26. The van der Waals surface area contributed by atoms with E-state index in [-0.39, 0.29) is 10.8 Å². The minimum absolute atomic E-state index is 0.0355. The molecule has 7 aromatic rings. The number of rotatable bonds is 5. The molecule has 0 aliphatic heterocycles. The highest BCUT2D eigenvalue weighted by Gasteiger charge is 2.21. The Bertz CT molecular complexity index is 2230. The highest BCUT2D eigenvalue weighted by Crippen LogP contribution is 2.37. The number of aliphatic imine (C=N–C) groups is 1. The van der Waals surface area contributed by atoms with Gasteiger partial charge in [-0.15, -0.1) is 0 Å². The van der Waals surface area contributed by atoms with Crippen molar-refractivity contribution >= 4 is 33.8 Å². The van der Waals surface area contributed by atoms with Gasteiger partial charge in [0.15, 0.2) is 5.58 Å². The van der Waals surface area contributed by atoms with E-state index < -0.39 is 0 Å². The van der Waals surface area contributed by atoms with Crippen molar-refractivity contribution in [2.24, 2.45) is 4.99 Å². The van der Waals surface area contributed by atoms with E-state index in [0.717, 1.165) is 39.0 Å². The zero-order chi connectivity index (χ0) is 32.8. The fraction of sp³-hybridized carbons (Fsp3) is 0.182. The van der Waals surface area contributed by atoms with Gasteiger partial charge in [-0.05, 0) is 97.4 Å². The lowest BCUT2D eigenvalue weighted by Crippen LogP contribution is -2.17. The normalized spacial score (nSPS) is 12.4. The van der Waals surface area contributed by atoms with E-state index in [0.29, 0.717) is 5.89 Å². The van der Waals surface area contributed by atoms with Gasteiger partial charge in [-0.3, -0.25) is 4.99 Å². The van der Waals surface area contributed by atoms with Crippen LogP contribution in [0.5, 0.6) is 0 Å². The zero-order valence-electron chi connectivity index (χ0n) is 28.0. The molecule has 6 aromatic carbocycles. The summed E-state index contributed by atoms with van der Waals surface area (Å²) in [4.78, 5) is 10.0. The molecule has 3 nitrogen and oxygen atoms in total. The van der Waals surface area contributed by atoms with Gasteiger partial charge in [0, 0.05) is 11.8 Å². The molecule has 1 aromatic heterocycles. The second-order valence-electron chi connectivity index (χ2n) is 14.4. The van der Waals surface area contributed by atoms with Gasteiger partial charge in [-0.25, -0.2) is 4.98 Å². The fourth-order valence-corrected chi connectivity index (χ4v) is 6.02. The van der Waals surface area contributed by atoms with Crippen LogP contribution in [-0.4, -0.2) is 11.2 Å². The van der Waals surface area contributed by atoms with Gasteiger partial charge in [0.05, 0.1) is 11.3 Å². The van der Waals surface area contributed by atoms with E-state index >= 15 is 0 Å². The Morgan fingerprint density at radius 3 is 1.87 bits per heavy atom. The lowest BCUT2D eigenvalue weighted by Gasteiger charge is -2.25. The van der Waals surface area contributed by atoms with Gasteiger partial charge in [0.25, 0.3) is 0 Å². The minimum Gasteiger partial charge on any atom is -0.436 e. The summed E-state index contributed by atoms with van der Waals surface area (Å²) in [5.74, 6) is 0.562. The lowest BCUT2D eigenvalue weighted by atomic mass is 9.79. The zero-order valence-corrected chi connectivity index (χ0v) is 28.0. The Balaban J connectivity index is 1.25. The lowest BCUT2D eigenvalue weighted by molar-refractivity contribution is 0.568. The molecule has 0 radical (unpaired) electrons. The van der Waals surface area contributed by atoms with Crippen LogP contribution in [0.4, 0.5) is 5.69 Å². The number of aromatic nitrogens is 1. The molecule has 0 unspecified atom stereocenters. The van der Waals surface area contributed by atoms with Crippen LogP contribution in [0.15, 0.2) is 137 Å². The van der Waals surface area contributed by atoms with Crippen molar-refractivity contribution < 1.29 is 4.42 Å². The summed E-state index contributed by atoms with van der Waals surface area (Å²) < 4.78 is 6.40. The van der Waals surface area contributed by atoms with Crippen LogP contribution in [-0.2, 0) is 10.8 Å². The molecule has 232 valence electrons. The van der Waals surface area contributed by atoms with E-state index in [2.05, 4.69) is 126 Å². The van der Waals surface area contributed by atoms with Crippen molar-refractivity contribution in [1.82, 2.24) is 4.98 Å². The van der Waals surface area contributed by atoms with Gasteiger partial charge < -0.3 is 4.42 Å². The van der Waals surface area contributed by atoms with Crippen LogP contribution < -0.4 is 0 Å². The van der Waals surface area contributed by atoms with Crippen molar-refractivity contribution in [2.45, 2.75) is 52.4 Å². The van der Waals surface area contributed by atoms with E-state index in [1.807, 2.05) is 48.7 Å². The molecule has 0 atom stereocenters. The van der Waals surface area contributed by atoms with Gasteiger partial charge in [0.1, 0.15) is 5.52 Å². The Labute approximate surface area is 277 Å². The SMILES string of the molecule is CC(C)(C)c1cc(C=Nc2ccccc2-c2nc3c(-c4ccc5cc(-c6ccccc6)ccc5c4)cccc3o2)cc(C(C)(C)C)c1. The van der Waals surface area contributed by atoms with Crippen molar-refractivity contribution in [3.8, 4) is 33.7 Å². The number of hydrogen-bond acceptors (Lipinski definition) is 3. The molecular weight excluding hydrogens is 572 g/mol. The minimum atomic E-state index is 0.0355. The van der Waals surface area contributed by atoms with Crippen LogP contribution in [0.25, 0.3) is 55.6 Å². The summed E-state index contributed by atoms with van der Waals surface area (Å²) in [6.07, 6.45) is 1.97. The van der Waals surface area contributed by atoms with E-state index in [1.54, 1.807) is 0 Å². The topological polar surface area (TPSA) is 38.4 Å². The van der Waals surface area contributed by atoms with Crippen molar-refractivity contribution in [2.75, 3.05) is 0 Å². The molecule has 0 saturated carbocycles. The summed E-state index contributed by atoms with van der Waals surface area (Å²) in [5.41, 5.74) is 11.6. The number of benzene rings is 6. The van der Waals surface area contributed by atoms with Gasteiger partial charge >= 0.3 is 0 Å². The molecule has 3 heteroatoms. The second-order valence-corrected chi connectivity index (χ2v) is 14.4. The maximum absolute atomic E-state index is 6.40. The summed E-state index contributed by atoms with van der Waals surface area (Å²) in [5, 5.41) is 2.39. The third-order valence-corrected chi connectivity index (χ3v) is 8.85. The van der Waals surface area contributed by atoms with Crippen LogP contribution in [0.3, 0.4) is 0 Å². The first-order valence-electron chi connectivity index (χ1n) is 16.3. The fourth-order valence-electron chi connectivity index (χ4n) is 6.02. The van der Waals surface area contributed by atoms with E-state index in [1.165, 1.54) is 33.0 Å². The van der Waals surface area contributed by atoms with Gasteiger partial charge in [-0.1, -0.05) is 126 Å². The number of nitrogens with zero attached hydrogens (tertiary/aromatic N) is 2. The van der Waals surface area contributed by atoms with Gasteiger partial charge in [-0.2, -0.15) is 0 Å². The molecule has 0 aliphatic carbocycles. The smallest absolute Gasteiger partial charge is 0.229 e. The van der Waals surface area contributed by atoms with Crippen molar-refractivity contribution in [3.63, 3.8) is 0 Å². The molecule has 1 heterocycles. The highest BCUT2D eigenvalue weighted by atomic mass is 16.3. The van der Waals surface area contributed by atoms with Gasteiger partial charge in [0.2, 0.25) is 5.89 Å². The first kappa shape index (κ1) is 30.4. The molecule has 0 amide bonds. The van der Waals surface area contributed by atoms with E-state index in [4.69, 9.17) is 14.4 Å². The highest BCUT2D eigenvalue weighted by molar-refractivity contribution is 5.97. The molecule has 0 saturated heterocycles. The average Bonchev–Trinajstić information content (AvgIpc) is 3.51. The predicted molar refractivity (Wildman–Crippen MR) is 199 cm³/mol. The quantitative estimate of drug-likeness (QED) is 0.181. The Kier molecular flexibility index (Phi) is 7.64. The molecule has 0 fully saturated rings. The van der Waals surface area contributed by atoms with Crippen LogP contribution in [0.1, 0.15) is 58.2 Å². The number of hydrogen-bond donors (Lipinski definition) is 0. The first-order valence-corrected chi connectivity index (χ1v) is 16.3. The van der Waals surface area contributed by atoms with Crippen molar-refractivity contribution in [3.05, 3.63) is 144 Å². The molecular formula is C44H40N2O. The summed E-state index contributed by atoms with van der Waals surface area (Å²) in [6, 6.07) is 44.8. The Morgan fingerprint density at radius 2 is 1.17 bits per heavy atom. The first-order chi connectivity index (χ1) is 22.5. The maximum Gasteiger partial charge on any atom is 0.229 e. The van der Waals surface area contributed by atoms with Crippen LogP contribution in [0.2, 0.25) is 0 Å². The molecule has 0 N–H and O–H groups in total. The van der Waals surface area contributed by atoms with Crippen LogP contribution >= 0.6 is 0 Å². The monoisotopic (exact) mass is 612 g/mol. The van der Waals surface area contributed by atoms with E-state index in [9.17, 15) is 0 Å². The number of oxazole rings is 1. The predicted octanol–water partition coefficient (Wildman–Crippen LogP) is 12.3. The molecule has 7 rings (SSSR count). The Morgan fingerprint density at radius 1 is 0.553 bits per heavy atom. The summed E-state index contributed by atoms with van der Waals surface area (Å²) in [7, 11) is 0. The molecule has 0 spiro atoms. The maximum atomic E-state index is 6.40.